The average molecular weight is 195 g/mol. The van der Waals surface area contributed by atoms with Crippen LogP contribution >= 0.6 is 0 Å². The van der Waals surface area contributed by atoms with E-state index < -0.39 is 10.2 Å². The number of piperazine rings is 1. The second kappa shape index (κ2) is 3.27. The number of hydrogen-bond acceptors (Lipinski definition) is 3. The number of nitrogens with two attached hydrogens (primary N) is 1. The molecule has 1 fully saturated rings. The first-order chi connectivity index (χ1) is 5.41. The molecule has 1 heterocycles. The van der Waals surface area contributed by atoms with Crippen molar-refractivity contribution in [1.82, 2.24) is 10.1 Å². The molecular weight excluding hydrogens is 180 g/mol. The highest BCUT2D eigenvalue weighted by molar-refractivity contribution is 7.87. The number of nitrogens with one attached hydrogen (secondary N) is 2. The van der Waals surface area contributed by atoms with Gasteiger partial charge in [-0.1, -0.05) is 0 Å². The summed E-state index contributed by atoms with van der Waals surface area (Å²) in [5.74, 6) is 0. The van der Waals surface area contributed by atoms with Crippen molar-refractivity contribution < 1.29 is 13.0 Å². The lowest BCUT2D eigenvalue weighted by Crippen LogP contribution is -2.65. The maximum absolute atomic E-state index is 10.7. The third kappa shape index (κ3) is 3.03. The van der Waals surface area contributed by atoms with E-state index in [1.54, 1.807) is 0 Å². The summed E-state index contributed by atoms with van der Waals surface area (Å²) in [5.41, 5.74) is 0. The Bertz CT molecular complexity index is 244. The zero-order chi connectivity index (χ0) is 9.24. The van der Waals surface area contributed by atoms with Crippen LogP contribution in [-0.2, 0) is 10.2 Å². The van der Waals surface area contributed by atoms with Crippen LogP contribution in [0.2, 0.25) is 0 Å². The van der Waals surface area contributed by atoms with E-state index in [1.807, 2.05) is 7.05 Å². The molecule has 4 N–H and O–H groups in total. The molecule has 0 radical (unpaired) electrons. The monoisotopic (exact) mass is 195 g/mol. The highest BCUT2D eigenvalue weighted by Crippen LogP contribution is 1.99. The van der Waals surface area contributed by atoms with E-state index in [4.69, 9.17) is 5.14 Å². The number of hydrogen-bond donors (Lipinski definition) is 3. The van der Waals surface area contributed by atoms with Crippen LogP contribution in [-0.4, -0.2) is 46.2 Å². The lowest BCUT2D eigenvalue weighted by atomic mass is 10.4. The first-order valence-corrected chi connectivity index (χ1v) is 5.33. The number of likely N-dealkylation sites (N-methyl/N-ethyl adjacent to an activating group) is 1. The number of rotatable bonds is 2. The van der Waals surface area contributed by atoms with Crippen LogP contribution in [0.3, 0.4) is 0 Å². The van der Waals surface area contributed by atoms with Gasteiger partial charge in [0.25, 0.3) is 0 Å². The van der Waals surface area contributed by atoms with Gasteiger partial charge in [0.1, 0.15) is 13.1 Å². The molecule has 0 saturated carbocycles. The molecule has 6 nitrogen and oxygen atoms in total. The fraction of sp³-hybridized carbons (Fsp3) is 1.00. The summed E-state index contributed by atoms with van der Waals surface area (Å²) >= 11 is 0. The first kappa shape index (κ1) is 9.87. The smallest absolute Gasteiger partial charge is 0.306 e. The molecule has 1 rings (SSSR count). The molecule has 1 saturated heterocycles. The van der Waals surface area contributed by atoms with Crippen LogP contribution in [0.25, 0.3) is 0 Å². The molecule has 0 unspecified atom stereocenters. The van der Waals surface area contributed by atoms with Crippen molar-refractivity contribution in [2.45, 2.75) is 0 Å². The quantitative estimate of drug-likeness (QED) is 0.435. The highest BCUT2D eigenvalue weighted by Gasteiger charge is 2.28. The Morgan fingerprint density at radius 3 is 2.33 bits per heavy atom. The third-order valence-electron chi connectivity index (χ3n) is 1.91. The standard InChI is InChI=1S/C5H15N4O2S/c1-9(8-12(6,10)11)4-2-7-3-5-9/h7-8H,2-5H2,1H3,(H2,6,10,11)/q+1. The summed E-state index contributed by atoms with van der Waals surface area (Å²) in [4.78, 5) is 2.38. The van der Waals surface area contributed by atoms with Gasteiger partial charge in [-0.05, 0) is 4.83 Å². The molecule has 0 bridgehead atoms. The molecule has 0 aromatic carbocycles. The predicted molar refractivity (Wildman–Crippen MR) is 45.0 cm³/mol. The summed E-state index contributed by atoms with van der Waals surface area (Å²) in [6, 6.07) is 0. The average Bonchev–Trinajstić information content (AvgIpc) is 1.83. The zero-order valence-electron chi connectivity index (χ0n) is 7.08. The molecule has 7 heteroatoms. The number of quaternary nitrogens is 1. The van der Waals surface area contributed by atoms with Crippen LogP contribution in [0.1, 0.15) is 0 Å². The van der Waals surface area contributed by atoms with Gasteiger partial charge in [0.2, 0.25) is 0 Å². The van der Waals surface area contributed by atoms with E-state index in [0.717, 1.165) is 26.2 Å². The van der Waals surface area contributed by atoms with Gasteiger partial charge in [0.15, 0.2) is 0 Å². The van der Waals surface area contributed by atoms with Gasteiger partial charge >= 0.3 is 10.2 Å². The van der Waals surface area contributed by atoms with E-state index in [2.05, 4.69) is 10.1 Å². The Morgan fingerprint density at radius 2 is 1.92 bits per heavy atom. The van der Waals surface area contributed by atoms with Crippen LogP contribution < -0.4 is 15.3 Å². The highest BCUT2D eigenvalue weighted by atomic mass is 32.2. The SMILES string of the molecule is C[N+]1(NS(N)(=O)=O)CCNCC1. The molecule has 0 atom stereocenters. The summed E-state index contributed by atoms with van der Waals surface area (Å²) in [7, 11) is -1.78. The molecule has 0 aliphatic carbocycles. The molecule has 72 valence electrons. The molecule has 0 aromatic rings. The van der Waals surface area contributed by atoms with Gasteiger partial charge < -0.3 is 5.32 Å². The lowest BCUT2D eigenvalue weighted by molar-refractivity contribution is -0.939. The molecule has 1 aliphatic heterocycles. The van der Waals surface area contributed by atoms with Gasteiger partial charge in [-0.2, -0.15) is 8.42 Å². The van der Waals surface area contributed by atoms with Crippen molar-refractivity contribution in [3.8, 4) is 0 Å². The summed E-state index contributed by atoms with van der Waals surface area (Å²) < 4.78 is 21.8. The molecular formula is C5H15N4O2S+. The van der Waals surface area contributed by atoms with Crippen LogP contribution in [0, 0.1) is 0 Å². The van der Waals surface area contributed by atoms with E-state index >= 15 is 0 Å². The molecule has 0 aromatic heterocycles. The Kier molecular flexibility index (Phi) is 2.69. The van der Waals surface area contributed by atoms with E-state index in [9.17, 15) is 8.42 Å². The fourth-order valence-corrected chi connectivity index (χ4v) is 2.08. The lowest BCUT2D eigenvalue weighted by Gasteiger charge is -2.35. The van der Waals surface area contributed by atoms with Crippen LogP contribution in [0.5, 0.6) is 0 Å². The first-order valence-electron chi connectivity index (χ1n) is 3.78. The van der Waals surface area contributed by atoms with Crippen LogP contribution in [0.15, 0.2) is 0 Å². The third-order valence-corrected chi connectivity index (χ3v) is 2.61. The molecule has 0 spiro atoms. The van der Waals surface area contributed by atoms with E-state index in [-0.39, 0.29) is 4.59 Å². The second-order valence-corrected chi connectivity index (χ2v) is 4.50. The van der Waals surface area contributed by atoms with E-state index in [0.29, 0.717) is 0 Å². The van der Waals surface area contributed by atoms with Gasteiger partial charge in [-0.15, -0.1) is 0 Å². The Morgan fingerprint density at radius 1 is 1.42 bits per heavy atom. The Balaban J connectivity index is 2.59. The van der Waals surface area contributed by atoms with Gasteiger partial charge in [0, 0.05) is 13.1 Å². The van der Waals surface area contributed by atoms with Gasteiger partial charge in [-0.3, -0.25) is 0 Å². The van der Waals surface area contributed by atoms with Crippen molar-refractivity contribution in [2.24, 2.45) is 5.14 Å². The van der Waals surface area contributed by atoms with Gasteiger partial charge in [-0.25, -0.2) is 9.73 Å². The summed E-state index contributed by atoms with van der Waals surface area (Å²) in [5, 5.41) is 8.01. The maximum atomic E-state index is 10.7. The second-order valence-electron chi connectivity index (χ2n) is 3.23. The zero-order valence-corrected chi connectivity index (χ0v) is 7.89. The van der Waals surface area contributed by atoms with Gasteiger partial charge in [0.05, 0.1) is 7.05 Å². The van der Waals surface area contributed by atoms with Crippen LogP contribution in [0.4, 0.5) is 0 Å². The Hall–Kier alpha value is -0.210. The summed E-state index contributed by atoms with van der Waals surface area (Å²) in [6.45, 7) is 3.05. The van der Waals surface area contributed by atoms with E-state index in [1.165, 1.54) is 0 Å². The molecule has 12 heavy (non-hydrogen) atoms. The van der Waals surface area contributed by atoms with Crippen molar-refractivity contribution in [3.05, 3.63) is 0 Å². The predicted octanol–water partition coefficient (Wildman–Crippen LogP) is -2.26. The largest absolute Gasteiger partial charge is 0.316 e. The summed E-state index contributed by atoms with van der Waals surface area (Å²) in [6.07, 6.45) is 0. The maximum Gasteiger partial charge on any atom is 0.316 e. The van der Waals surface area contributed by atoms with Crippen molar-refractivity contribution in [2.75, 3.05) is 33.2 Å². The molecule has 0 amide bonds. The number of nitrogens with zero attached hydrogens (tertiary/aromatic N) is 1. The Labute approximate surface area is 72.5 Å². The normalized spacial score (nSPS) is 23.8. The fourth-order valence-electron chi connectivity index (χ4n) is 1.29. The molecule has 1 aliphatic rings. The minimum Gasteiger partial charge on any atom is -0.306 e. The minimum absolute atomic E-state index is 0.284. The minimum atomic E-state index is -3.59. The van der Waals surface area contributed by atoms with Crippen molar-refractivity contribution in [1.29, 1.82) is 0 Å². The topological polar surface area (TPSA) is 84.2 Å². The van der Waals surface area contributed by atoms with Crippen molar-refractivity contribution in [3.63, 3.8) is 0 Å². The van der Waals surface area contributed by atoms with Crippen molar-refractivity contribution >= 4 is 10.2 Å².